The number of carbonyl (C=O) groups excluding carboxylic acids is 1. The fourth-order valence-corrected chi connectivity index (χ4v) is 2.83. The Hall–Kier alpha value is -2.87. The average Bonchev–Trinajstić information content (AvgIpc) is 2.66. The van der Waals surface area contributed by atoms with Gasteiger partial charge in [0, 0.05) is 26.2 Å². The van der Waals surface area contributed by atoms with Crippen LogP contribution in [-0.4, -0.2) is 35.2 Å². The highest BCUT2D eigenvalue weighted by molar-refractivity contribution is 5.95. The Morgan fingerprint density at radius 2 is 1.93 bits per heavy atom. The van der Waals surface area contributed by atoms with Gasteiger partial charge in [0.05, 0.1) is 6.54 Å². The van der Waals surface area contributed by atoms with Crippen LogP contribution < -0.4 is 21.9 Å². The number of aromatic nitrogens is 2. The molecule has 0 saturated carbocycles. The summed E-state index contributed by atoms with van der Waals surface area (Å²) in [5.74, 6) is -0.257. The summed E-state index contributed by atoms with van der Waals surface area (Å²) in [6.07, 6.45) is 0.773. The summed E-state index contributed by atoms with van der Waals surface area (Å²) in [5.41, 5.74) is 5.74. The summed E-state index contributed by atoms with van der Waals surface area (Å²) in [4.78, 5) is 40.8. The largest absolute Gasteiger partial charge is 0.383 e. The lowest BCUT2D eigenvalue weighted by Crippen LogP contribution is -2.41. The van der Waals surface area contributed by atoms with E-state index in [-0.39, 0.29) is 36.9 Å². The molecule has 1 aromatic carbocycles. The minimum Gasteiger partial charge on any atom is -0.383 e. The van der Waals surface area contributed by atoms with Crippen molar-refractivity contribution in [1.82, 2.24) is 9.55 Å². The molecule has 0 atom stereocenters. The van der Waals surface area contributed by atoms with Crippen molar-refractivity contribution in [1.29, 1.82) is 0 Å². The lowest BCUT2D eigenvalue weighted by molar-refractivity contribution is -0.118. The van der Waals surface area contributed by atoms with Crippen molar-refractivity contribution >= 4 is 17.4 Å². The number of ether oxygens (including phenoxy) is 1. The number of rotatable bonds is 9. The minimum atomic E-state index is -0.665. The second-order valence-electron chi connectivity index (χ2n) is 6.00. The van der Waals surface area contributed by atoms with Crippen molar-refractivity contribution in [3.63, 3.8) is 0 Å². The van der Waals surface area contributed by atoms with Gasteiger partial charge in [-0.05, 0) is 25.8 Å². The van der Waals surface area contributed by atoms with Gasteiger partial charge in [-0.3, -0.25) is 19.1 Å². The van der Waals surface area contributed by atoms with Crippen molar-refractivity contribution in [2.45, 2.75) is 33.2 Å². The van der Waals surface area contributed by atoms with Crippen LogP contribution in [0.3, 0.4) is 0 Å². The van der Waals surface area contributed by atoms with E-state index in [1.54, 1.807) is 6.92 Å². The van der Waals surface area contributed by atoms with Crippen molar-refractivity contribution < 1.29 is 9.53 Å². The highest BCUT2D eigenvalue weighted by atomic mass is 16.5. The SMILES string of the molecule is CCOCCCC(=O)N(CC)c1c(N)n(Cc2ccccc2)c(=O)[nH]c1=O. The average molecular weight is 374 g/mol. The maximum absolute atomic E-state index is 12.6. The van der Waals surface area contributed by atoms with Gasteiger partial charge in [-0.1, -0.05) is 30.3 Å². The summed E-state index contributed by atoms with van der Waals surface area (Å²) in [5, 5.41) is 0. The van der Waals surface area contributed by atoms with Gasteiger partial charge in [0.2, 0.25) is 5.91 Å². The first-order valence-corrected chi connectivity index (χ1v) is 9.04. The Kier molecular flexibility index (Phi) is 7.36. The molecular formula is C19H26N4O4. The molecule has 0 saturated heterocycles. The van der Waals surface area contributed by atoms with Crippen LogP contribution in [-0.2, 0) is 16.1 Å². The number of nitrogens with two attached hydrogens (primary N) is 1. The molecule has 0 radical (unpaired) electrons. The molecule has 0 fully saturated rings. The number of hydrogen-bond donors (Lipinski definition) is 2. The molecule has 2 rings (SSSR count). The number of nitrogens with zero attached hydrogens (tertiary/aromatic N) is 2. The van der Waals surface area contributed by atoms with Crippen LogP contribution in [0.2, 0.25) is 0 Å². The summed E-state index contributed by atoms with van der Waals surface area (Å²) >= 11 is 0. The summed E-state index contributed by atoms with van der Waals surface area (Å²) in [6.45, 7) is 5.17. The molecule has 0 spiro atoms. The normalized spacial score (nSPS) is 10.7. The van der Waals surface area contributed by atoms with Gasteiger partial charge >= 0.3 is 5.69 Å². The van der Waals surface area contributed by atoms with Gasteiger partial charge in [-0.2, -0.15) is 0 Å². The molecule has 1 amide bonds. The fraction of sp³-hybridized carbons (Fsp3) is 0.421. The third-order valence-electron chi connectivity index (χ3n) is 4.17. The number of H-pyrrole nitrogens is 1. The molecule has 8 heteroatoms. The fourth-order valence-electron chi connectivity index (χ4n) is 2.83. The highest BCUT2D eigenvalue weighted by Crippen LogP contribution is 2.18. The molecule has 146 valence electrons. The number of aromatic amines is 1. The second-order valence-corrected chi connectivity index (χ2v) is 6.00. The number of nitrogen functional groups attached to an aromatic ring is 1. The van der Waals surface area contributed by atoms with Gasteiger partial charge in [0.25, 0.3) is 5.56 Å². The summed E-state index contributed by atoms with van der Waals surface area (Å²) < 4.78 is 6.51. The van der Waals surface area contributed by atoms with Crippen LogP contribution in [0.5, 0.6) is 0 Å². The smallest absolute Gasteiger partial charge is 0.330 e. The van der Waals surface area contributed by atoms with E-state index in [0.29, 0.717) is 19.6 Å². The maximum atomic E-state index is 12.6. The van der Waals surface area contributed by atoms with E-state index in [1.807, 2.05) is 37.3 Å². The Balaban J connectivity index is 2.34. The van der Waals surface area contributed by atoms with E-state index in [4.69, 9.17) is 10.5 Å². The molecule has 8 nitrogen and oxygen atoms in total. The van der Waals surface area contributed by atoms with E-state index >= 15 is 0 Å². The van der Waals surface area contributed by atoms with Gasteiger partial charge in [-0.15, -0.1) is 0 Å². The van der Waals surface area contributed by atoms with E-state index in [1.165, 1.54) is 9.47 Å². The van der Waals surface area contributed by atoms with Gasteiger partial charge in [0.1, 0.15) is 5.82 Å². The number of amides is 1. The van der Waals surface area contributed by atoms with Gasteiger partial charge in [0.15, 0.2) is 5.69 Å². The van der Waals surface area contributed by atoms with Crippen LogP contribution in [0.4, 0.5) is 11.5 Å². The molecular weight excluding hydrogens is 348 g/mol. The van der Waals surface area contributed by atoms with Gasteiger partial charge in [-0.25, -0.2) is 4.79 Å². The van der Waals surface area contributed by atoms with E-state index in [0.717, 1.165) is 5.56 Å². The highest BCUT2D eigenvalue weighted by Gasteiger charge is 2.22. The summed E-state index contributed by atoms with van der Waals surface area (Å²) in [7, 11) is 0. The number of nitrogens with one attached hydrogen (secondary N) is 1. The topological polar surface area (TPSA) is 110 Å². The Morgan fingerprint density at radius 1 is 1.22 bits per heavy atom. The second kappa shape index (κ2) is 9.72. The van der Waals surface area contributed by atoms with Crippen LogP contribution in [0.25, 0.3) is 0 Å². The molecule has 2 aromatic rings. The third-order valence-corrected chi connectivity index (χ3v) is 4.17. The van der Waals surface area contributed by atoms with E-state index in [9.17, 15) is 14.4 Å². The predicted octanol–water partition coefficient (Wildman–Crippen LogP) is 1.34. The molecule has 1 heterocycles. The first-order chi connectivity index (χ1) is 13.0. The standard InChI is InChI=1S/C19H26N4O4/c1-3-22(15(24)11-8-12-27-4-2)16-17(20)23(19(26)21-18(16)25)13-14-9-6-5-7-10-14/h5-7,9-10H,3-4,8,11-13,20H2,1-2H3,(H,21,25,26). The molecule has 1 aromatic heterocycles. The zero-order valence-corrected chi connectivity index (χ0v) is 15.7. The molecule has 27 heavy (non-hydrogen) atoms. The minimum absolute atomic E-state index is 0.00874. The van der Waals surface area contributed by atoms with Crippen molar-refractivity contribution in [3.05, 3.63) is 56.7 Å². The third kappa shape index (κ3) is 5.07. The van der Waals surface area contributed by atoms with Crippen LogP contribution in [0.15, 0.2) is 39.9 Å². The molecule has 0 aliphatic carbocycles. The van der Waals surface area contributed by atoms with Crippen molar-refractivity contribution in [2.24, 2.45) is 0 Å². The molecule has 3 N–H and O–H groups in total. The van der Waals surface area contributed by atoms with E-state index < -0.39 is 11.2 Å². The Bertz CT molecular complexity index is 874. The lowest BCUT2D eigenvalue weighted by atomic mass is 10.2. The number of hydrogen-bond acceptors (Lipinski definition) is 5. The van der Waals surface area contributed by atoms with Crippen molar-refractivity contribution in [2.75, 3.05) is 30.4 Å². The number of anilines is 2. The van der Waals surface area contributed by atoms with Crippen LogP contribution in [0.1, 0.15) is 32.3 Å². The van der Waals surface area contributed by atoms with Crippen LogP contribution >= 0.6 is 0 Å². The van der Waals surface area contributed by atoms with Crippen molar-refractivity contribution in [3.8, 4) is 0 Å². The molecule has 0 aliphatic heterocycles. The zero-order chi connectivity index (χ0) is 19.8. The first-order valence-electron chi connectivity index (χ1n) is 9.04. The molecule has 0 aliphatic rings. The maximum Gasteiger partial charge on any atom is 0.330 e. The van der Waals surface area contributed by atoms with E-state index in [2.05, 4.69) is 4.98 Å². The zero-order valence-electron chi connectivity index (χ0n) is 15.7. The van der Waals surface area contributed by atoms with Gasteiger partial charge < -0.3 is 15.4 Å². The first kappa shape index (κ1) is 20.4. The predicted molar refractivity (Wildman–Crippen MR) is 105 cm³/mol. The monoisotopic (exact) mass is 374 g/mol. The Morgan fingerprint density at radius 3 is 2.56 bits per heavy atom. The van der Waals surface area contributed by atoms with Crippen LogP contribution in [0, 0.1) is 0 Å². The number of carbonyl (C=O) groups is 1. The lowest BCUT2D eigenvalue weighted by Gasteiger charge is -2.23. The molecule has 0 unspecified atom stereocenters. The quantitative estimate of drug-likeness (QED) is 0.644. The molecule has 0 bridgehead atoms. The summed E-state index contributed by atoms with van der Waals surface area (Å²) in [6, 6.07) is 9.28. The Labute approximate surface area is 157 Å². The number of benzene rings is 1.